The van der Waals surface area contributed by atoms with Crippen molar-refractivity contribution < 1.29 is 9.26 Å². The molecule has 0 aliphatic carbocycles. The maximum absolute atomic E-state index is 5.76. The highest BCUT2D eigenvalue weighted by Crippen LogP contribution is 2.38. The molecule has 1 aromatic heterocycles. The van der Waals surface area contributed by atoms with Gasteiger partial charge >= 0.3 is 0 Å². The molecule has 0 bridgehead atoms. The monoisotopic (exact) mass is 230 g/mol. The lowest BCUT2D eigenvalue weighted by atomic mass is 10.0. The lowest BCUT2D eigenvalue weighted by Gasteiger charge is -2.09. The lowest BCUT2D eigenvalue weighted by Crippen LogP contribution is -2.00. The first-order valence-electron chi connectivity index (χ1n) is 5.96. The van der Waals surface area contributed by atoms with E-state index in [1.807, 2.05) is 6.07 Å². The SMILES string of the molecule is CCCCc1ccc2onc3c2c1OCC=N3. The fraction of sp³-hybridized carbons (Fsp3) is 0.385. The van der Waals surface area contributed by atoms with Crippen molar-refractivity contribution >= 4 is 23.0 Å². The number of aryl methyl sites for hydroxylation is 1. The van der Waals surface area contributed by atoms with Gasteiger partial charge in [-0.25, -0.2) is 4.99 Å². The number of ether oxygens (including phenoxy) is 1. The van der Waals surface area contributed by atoms with Crippen LogP contribution in [0.25, 0.3) is 11.0 Å². The quantitative estimate of drug-likeness (QED) is 0.813. The summed E-state index contributed by atoms with van der Waals surface area (Å²) in [5, 5.41) is 4.86. The molecule has 2 aromatic rings. The van der Waals surface area contributed by atoms with Gasteiger partial charge in [-0.15, -0.1) is 0 Å². The Morgan fingerprint density at radius 1 is 1.35 bits per heavy atom. The first kappa shape index (κ1) is 10.3. The van der Waals surface area contributed by atoms with Gasteiger partial charge in [-0.1, -0.05) is 24.6 Å². The summed E-state index contributed by atoms with van der Waals surface area (Å²) in [5.74, 6) is 1.52. The number of nitrogens with zero attached hydrogens (tertiary/aromatic N) is 2. The highest BCUT2D eigenvalue weighted by atomic mass is 16.5. The number of unbranched alkanes of at least 4 members (excludes halogenated alkanes) is 1. The molecule has 88 valence electrons. The molecule has 17 heavy (non-hydrogen) atoms. The van der Waals surface area contributed by atoms with E-state index in [1.54, 1.807) is 6.21 Å². The van der Waals surface area contributed by atoms with E-state index in [0.717, 1.165) is 29.6 Å². The summed E-state index contributed by atoms with van der Waals surface area (Å²) in [4.78, 5) is 4.23. The van der Waals surface area contributed by atoms with Crippen LogP contribution in [-0.4, -0.2) is 18.0 Å². The van der Waals surface area contributed by atoms with Gasteiger partial charge in [-0.2, -0.15) is 0 Å². The van der Waals surface area contributed by atoms with Crippen LogP contribution in [0.4, 0.5) is 5.82 Å². The third-order valence-electron chi connectivity index (χ3n) is 2.97. The van der Waals surface area contributed by atoms with Gasteiger partial charge in [0, 0.05) is 6.21 Å². The fourth-order valence-electron chi connectivity index (χ4n) is 2.10. The van der Waals surface area contributed by atoms with Crippen LogP contribution in [0.5, 0.6) is 5.75 Å². The molecule has 0 saturated carbocycles. The molecule has 0 radical (unpaired) electrons. The average Bonchev–Trinajstić information content (AvgIpc) is 2.63. The van der Waals surface area contributed by atoms with Crippen molar-refractivity contribution in [3.05, 3.63) is 17.7 Å². The van der Waals surface area contributed by atoms with Gasteiger partial charge in [0.15, 0.2) is 5.58 Å². The Labute approximate surface area is 99.3 Å². The lowest BCUT2D eigenvalue weighted by molar-refractivity contribution is 0.380. The van der Waals surface area contributed by atoms with E-state index in [4.69, 9.17) is 9.26 Å². The van der Waals surface area contributed by atoms with Crippen LogP contribution in [-0.2, 0) is 6.42 Å². The Hall–Kier alpha value is -1.84. The predicted molar refractivity (Wildman–Crippen MR) is 66.3 cm³/mol. The molecule has 4 nitrogen and oxygen atoms in total. The summed E-state index contributed by atoms with van der Waals surface area (Å²) in [6, 6.07) is 4.01. The zero-order valence-electron chi connectivity index (χ0n) is 9.77. The standard InChI is InChI=1S/C13H14N2O2/c1-2-3-4-9-5-6-10-11-12(9)16-8-7-14-13(11)15-17-10/h5-7H,2-4,8H2,1H3. The highest BCUT2D eigenvalue weighted by molar-refractivity contribution is 5.95. The molecule has 3 rings (SSSR count). The molecule has 1 aromatic carbocycles. The maximum atomic E-state index is 5.76. The van der Waals surface area contributed by atoms with E-state index in [2.05, 4.69) is 23.1 Å². The third-order valence-corrected chi connectivity index (χ3v) is 2.97. The molecule has 0 saturated heterocycles. The molecule has 1 aliphatic heterocycles. The van der Waals surface area contributed by atoms with Gasteiger partial charge in [0.1, 0.15) is 17.7 Å². The Morgan fingerprint density at radius 3 is 3.18 bits per heavy atom. The average molecular weight is 230 g/mol. The Morgan fingerprint density at radius 2 is 2.29 bits per heavy atom. The number of aromatic nitrogens is 1. The maximum Gasteiger partial charge on any atom is 0.206 e. The molecule has 0 atom stereocenters. The van der Waals surface area contributed by atoms with Gasteiger partial charge in [0.2, 0.25) is 5.82 Å². The van der Waals surface area contributed by atoms with Crippen molar-refractivity contribution in [3.63, 3.8) is 0 Å². The predicted octanol–water partition coefficient (Wildman–Crippen LogP) is 3.27. The molecule has 0 spiro atoms. The first-order chi connectivity index (χ1) is 8.40. The molecule has 2 heterocycles. The van der Waals surface area contributed by atoms with Gasteiger partial charge in [-0.05, 0) is 24.5 Å². The van der Waals surface area contributed by atoms with Crippen LogP contribution in [0, 0.1) is 0 Å². The minimum atomic E-state index is 0.495. The first-order valence-corrected chi connectivity index (χ1v) is 5.96. The van der Waals surface area contributed by atoms with Gasteiger partial charge < -0.3 is 9.26 Å². The number of rotatable bonds is 3. The van der Waals surface area contributed by atoms with Crippen LogP contribution in [0.1, 0.15) is 25.3 Å². The summed E-state index contributed by atoms with van der Waals surface area (Å²) >= 11 is 0. The summed E-state index contributed by atoms with van der Waals surface area (Å²) in [7, 11) is 0. The molecular formula is C13H14N2O2. The van der Waals surface area contributed by atoms with Crippen molar-refractivity contribution in [3.8, 4) is 5.75 Å². The topological polar surface area (TPSA) is 47.6 Å². The second kappa shape index (κ2) is 4.20. The van der Waals surface area contributed by atoms with E-state index in [1.165, 1.54) is 12.0 Å². The van der Waals surface area contributed by atoms with Gasteiger partial charge in [0.25, 0.3) is 0 Å². The highest BCUT2D eigenvalue weighted by Gasteiger charge is 2.18. The Bertz CT molecular complexity index is 572. The smallest absolute Gasteiger partial charge is 0.206 e. The van der Waals surface area contributed by atoms with Crippen LogP contribution in [0.15, 0.2) is 21.6 Å². The van der Waals surface area contributed by atoms with Crippen molar-refractivity contribution in [1.29, 1.82) is 0 Å². The molecule has 0 amide bonds. The van der Waals surface area contributed by atoms with E-state index in [-0.39, 0.29) is 0 Å². The minimum Gasteiger partial charge on any atom is -0.487 e. The molecule has 4 heteroatoms. The van der Waals surface area contributed by atoms with E-state index in [0.29, 0.717) is 12.4 Å². The number of benzene rings is 1. The van der Waals surface area contributed by atoms with Crippen molar-refractivity contribution in [1.82, 2.24) is 5.16 Å². The van der Waals surface area contributed by atoms with Crippen LogP contribution in [0.3, 0.4) is 0 Å². The molecule has 0 fully saturated rings. The van der Waals surface area contributed by atoms with E-state index < -0.39 is 0 Å². The van der Waals surface area contributed by atoms with Crippen LogP contribution >= 0.6 is 0 Å². The van der Waals surface area contributed by atoms with Crippen molar-refractivity contribution in [2.75, 3.05) is 6.61 Å². The molecular weight excluding hydrogens is 216 g/mol. The fourth-order valence-corrected chi connectivity index (χ4v) is 2.10. The summed E-state index contributed by atoms with van der Waals surface area (Å²) in [5.41, 5.74) is 1.96. The third kappa shape index (κ3) is 1.69. The number of aliphatic imine (C=N–C) groups is 1. The van der Waals surface area contributed by atoms with E-state index in [9.17, 15) is 0 Å². The summed E-state index contributed by atoms with van der Waals surface area (Å²) < 4.78 is 11.0. The van der Waals surface area contributed by atoms with Crippen LogP contribution in [0.2, 0.25) is 0 Å². The second-order valence-electron chi connectivity index (χ2n) is 4.16. The van der Waals surface area contributed by atoms with Gasteiger partial charge in [0.05, 0.1) is 0 Å². The molecule has 1 aliphatic rings. The number of hydrogen-bond donors (Lipinski definition) is 0. The van der Waals surface area contributed by atoms with Crippen molar-refractivity contribution in [2.45, 2.75) is 26.2 Å². The van der Waals surface area contributed by atoms with Crippen LogP contribution < -0.4 is 4.74 Å². The normalized spacial score (nSPS) is 13.7. The molecule has 0 unspecified atom stereocenters. The Kier molecular flexibility index (Phi) is 2.55. The summed E-state index contributed by atoms with van der Waals surface area (Å²) in [6.45, 7) is 2.68. The largest absolute Gasteiger partial charge is 0.487 e. The van der Waals surface area contributed by atoms with Crippen molar-refractivity contribution in [2.24, 2.45) is 4.99 Å². The minimum absolute atomic E-state index is 0.495. The Balaban J connectivity index is 2.16. The zero-order chi connectivity index (χ0) is 11.7. The zero-order valence-corrected chi connectivity index (χ0v) is 9.77. The number of hydrogen-bond acceptors (Lipinski definition) is 4. The summed E-state index contributed by atoms with van der Waals surface area (Å²) in [6.07, 6.45) is 5.07. The van der Waals surface area contributed by atoms with E-state index >= 15 is 0 Å². The second-order valence-corrected chi connectivity index (χ2v) is 4.16. The van der Waals surface area contributed by atoms with Gasteiger partial charge in [-0.3, -0.25) is 0 Å². The molecule has 0 N–H and O–H groups in total.